The number of ether oxygens (including phenoxy) is 1. The second-order valence-electron chi connectivity index (χ2n) is 6.34. The predicted octanol–water partition coefficient (Wildman–Crippen LogP) is 4.10. The van der Waals surface area contributed by atoms with E-state index in [4.69, 9.17) is 27.9 Å². The molecule has 2 rings (SSSR count). The van der Waals surface area contributed by atoms with E-state index in [0.717, 1.165) is 11.1 Å². The van der Waals surface area contributed by atoms with Crippen LogP contribution in [0.5, 0.6) is 5.75 Å². The lowest BCUT2D eigenvalue weighted by molar-refractivity contribution is -0.140. The summed E-state index contributed by atoms with van der Waals surface area (Å²) >= 11 is 12.0. The topological polar surface area (TPSA) is 58.6 Å². The monoisotopic (exact) mass is 422 g/mol. The fraction of sp³-hybridized carbons (Fsp3) is 0.333. The summed E-state index contributed by atoms with van der Waals surface area (Å²) < 4.78 is 5.26. The molecule has 1 unspecified atom stereocenters. The first kappa shape index (κ1) is 22.1. The lowest BCUT2D eigenvalue weighted by Gasteiger charge is -2.30. The molecule has 1 N–H and O–H groups in total. The summed E-state index contributed by atoms with van der Waals surface area (Å²) in [6, 6.07) is 12.0. The number of rotatable bonds is 8. The van der Waals surface area contributed by atoms with Gasteiger partial charge in [0.1, 0.15) is 11.8 Å². The number of hydrogen-bond donors (Lipinski definition) is 1. The molecule has 28 heavy (non-hydrogen) atoms. The van der Waals surface area contributed by atoms with E-state index < -0.39 is 6.04 Å². The summed E-state index contributed by atoms with van der Waals surface area (Å²) in [5, 5.41) is 3.47. The Labute approximate surface area is 175 Å². The van der Waals surface area contributed by atoms with Crippen molar-refractivity contribution in [2.24, 2.45) is 0 Å². The quantitative estimate of drug-likeness (QED) is 0.696. The van der Waals surface area contributed by atoms with E-state index in [1.165, 1.54) is 0 Å². The van der Waals surface area contributed by atoms with Crippen molar-refractivity contribution in [1.82, 2.24) is 10.2 Å². The first-order valence-corrected chi connectivity index (χ1v) is 9.73. The van der Waals surface area contributed by atoms with Crippen LogP contribution >= 0.6 is 23.2 Å². The summed E-state index contributed by atoms with van der Waals surface area (Å²) in [5.41, 5.74) is 1.62. The summed E-state index contributed by atoms with van der Waals surface area (Å²) in [6.07, 6.45) is 0.616. The first-order chi connectivity index (χ1) is 13.4. The summed E-state index contributed by atoms with van der Waals surface area (Å²) in [7, 11) is 3.16. The smallest absolute Gasteiger partial charge is 0.242 e. The molecule has 5 nitrogen and oxygen atoms in total. The average molecular weight is 423 g/mol. The SMILES string of the molecule is CCC(C(=O)NC)N(Cc1cccc(OC)c1)C(=O)Cc1ccc(Cl)c(Cl)c1. The molecule has 150 valence electrons. The van der Waals surface area contributed by atoms with Gasteiger partial charge in [-0.2, -0.15) is 0 Å². The van der Waals surface area contributed by atoms with Gasteiger partial charge < -0.3 is 15.0 Å². The molecule has 0 aliphatic rings. The lowest BCUT2D eigenvalue weighted by atomic mass is 10.1. The van der Waals surface area contributed by atoms with E-state index in [1.807, 2.05) is 31.2 Å². The van der Waals surface area contributed by atoms with Gasteiger partial charge in [-0.25, -0.2) is 0 Å². The molecule has 0 saturated heterocycles. The van der Waals surface area contributed by atoms with Crippen LogP contribution in [0.25, 0.3) is 0 Å². The summed E-state index contributed by atoms with van der Waals surface area (Å²) in [6.45, 7) is 2.17. The number of likely N-dealkylation sites (N-methyl/N-ethyl adjacent to an activating group) is 1. The molecule has 0 aliphatic carbocycles. The molecule has 0 spiro atoms. The van der Waals surface area contributed by atoms with Crippen LogP contribution in [0, 0.1) is 0 Å². The van der Waals surface area contributed by atoms with Gasteiger partial charge in [-0.3, -0.25) is 9.59 Å². The maximum absolute atomic E-state index is 13.1. The molecule has 7 heteroatoms. The molecule has 0 saturated carbocycles. The highest BCUT2D eigenvalue weighted by atomic mass is 35.5. The van der Waals surface area contributed by atoms with Gasteiger partial charge in [-0.1, -0.05) is 48.3 Å². The van der Waals surface area contributed by atoms with Crippen LogP contribution in [-0.2, 0) is 22.6 Å². The van der Waals surface area contributed by atoms with Crippen LogP contribution in [0.3, 0.4) is 0 Å². The van der Waals surface area contributed by atoms with Crippen LogP contribution in [-0.4, -0.2) is 36.9 Å². The van der Waals surface area contributed by atoms with Gasteiger partial charge in [-0.05, 0) is 41.8 Å². The zero-order valence-electron chi connectivity index (χ0n) is 16.2. The normalized spacial score (nSPS) is 11.6. The minimum Gasteiger partial charge on any atom is -0.497 e. The Bertz CT molecular complexity index is 842. The molecule has 2 aromatic rings. The molecular weight excluding hydrogens is 399 g/mol. The molecule has 0 aliphatic heterocycles. The molecule has 0 bridgehead atoms. The first-order valence-electron chi connectivity index (χ1n) is 8.97. The Morgan fingerprint density at radius 1 is 1.11 bits per heavy atom. The van der Waals surface area contributed by atoms with Gasteiger partial charge in [0.05, 0.1) is 23.6 Å². The van der Waals surface area contributed by atoms with Crippen LogP contribution in [0.15, 0.2) is 42.5 Å². The zero-order valence-corrected chi connectivity index (χ0v) is 17.7. The van der Waals surface area contributed by atoms with Gasteiger partial charge in [0, 0.05) is 13.6 Å². The molecule has 2 amide bonds. The number of carbonyl (C=O) groups excluding carboxylic acids is 2. The number of benzene rings is 2. The standard InChI is InChI=1S/C21H24Cl2N2O3/c1-4-19(21(27)24-2)25(13-15-6-5-7-16(10-15)28-3)20(26)12-14-8-9-17(22)18(23)11-14/h5-11,19H,4,12-13H2,1-3H3,(H,24,27). The average Bonchev–Trinajstić information content (AvgIpc) is 2.70. The van der Waals surface area contributed by atoms with Crippen molar-refractivity contribution in [1.29, 1.82) is 0 Å². The third-order valence-electron chi connectivity index (χ3n) is 4.46. The van der Waals surface area contributed by atoms with E-state index in [0.29, 0.717) is 28.8 Å². The minimum absolute atomic E-state index is 0.119. The van der Waals surface area contributed by atoms with Crippen molar-refractivity contribution in [3.63, 3.8) is 0 Å². The zero-order chi connectivity index (χ0) is 20.7. The van der Waals surface area contributed by atoms with E-state index in [9.17, 15) is 9.59 Å². The maximum Gasteiger partial charge on any atom is 0.242 e. The third kappa shape index (κ3) is 5.63. The number of methoxy groups -OCH3 is 1. The fourth-order valence-corrected chi connectivity index (χ4v) is 3.30. The van der Waals surface area contributed by atoms with Crippen molar-refractivity contribution < 1.29 is 14.3 Å². The third-order valence-corrected chi connectivity index (χ3v) is 5.20. The molecule has 0 fully saturated rings. The van der Waals surface area contributed by atoms with Gasteiger partial charge in [0.25, 0.3) is 0 Å². The van der Waals surface area contributed by atoms with Crippen molar-refractivity contribution >= 4 is 35.0 Å². The highest BCUT2D eigenvalue weighted by Gasteiger charge is 2.28. The molecule has 0 radical (unpaired) electrons. The number of hydrogen-bond acceptors (Lipinski definition) is 3. The summed E-state index contributed by atoms with van der Waals surface area (Å²) in [4.78, 5) is 27.1. The van der Waals surface area contributed by atoms with Crippen molar-refractivity contribution in [3.05, 3.63) is 63.6 Å². The van der Waals surface area contributed by atoms with Crippen LogP contribution in [0.4, 0.5) is 0 Å². The van der Waals surface area contributed by atoms with Crippen molar-refractivity contribution in [2.45, 2.75) is 32.4 Å². The number of carbonyl (C=O) groups is 2. The highest BCUT2D eigenvalue weighted by Crippen LogP contribution is 2.24. The van der Waals surface area contributed by atoms with Crippen LogP contribution < -0.4 is 10.1 Å². The Kier molecular flexibility index (Phi) is 8.15. The van der Waals surface area contributed by atoms with Crippen LogP contribution in [0.2, 0.25) is 10.0 Å². The predicted molar refractivity (Wildman–Crippen MR) is 112 cm³/mol. The molecule has 0 aromatic heterocycles. The van der Waals surface area contributed by atoms with E-state index in [1.54, 1.807) is 37.3 Å². The van der Waals surface area contributed by atoms with E-state index in [-0.39, 0.29) is 18.2 Å². The number of halogens is 2. The molecular formula is C21H24Cl2N2O3. The Morgan fingerprint density at radius 3 is 2.46 bits per heavy atom. The van der Waals surface area contributed by atoms with Crippen LogP contribution in [0.1, 0.15) is 24.5 Å². The number of nitrogens with zero attached hydrogens (tertiary/aromatic N) is 1. The second-order valence-corrected chi connectivity index (χ2v) is 7.15. The van der Waals surface area contributed by atoms with Gasteiger partial charge >= 0.3 is 0 Å². The van der Waals surface area contributed by atoms with E-state index in [2.05, 4.69) is 5.32 Å². The minimum atomic E-state index is -0.577. The Balaban J connectivity index is 2.31. The lowest BCUT2D eigenvalue weighted by Crippen LogP contribution is -2.48. The summed E-state index contributed by atoms with van der Waals surface area (Å²) in [5.74, 6) is 0.326. The number of amides is 2. The molecule has 0 heterocycles. The fourth-order valence-electron chi connectivity index (χ4n) is 2.98. The van der Waals surface area contributed by atoms with Crippen molar-refractivity contribution in [3.8, 4) is 5.75 Å². The van der Waals surface area contributed by atoms with Gasteiger partial charge in [-0.15, -0.1) is 0 Å². The molecule has 1 atom stereocenters. The van der Waals surface area contributed by atoms with E-state index >= 15 is 0 Å². The van der Waals surface area contributed by atoms with Gasteiger partial charge in [0.15, 0.2) is 0 Å². The molecule has 2 aromatic carbocycles. The second kappa shape index (κ2) is 10.3. The largest absolute Gasteiger partial charge is 0.497 e. The highest BCUT2D eigenvalue weighted by molar-refractivity contribution is 6.42. The number of nitrogens with one attached hydrogen (secondary N) is 1. The van der Waals surface area contributed by atoms with Gasteiger partial charge in [0.2, 0.25) is 11.8 Å². The maximum atomic E-state index is 13.1. The Morgan fingerprint density at radius 2 is 1.86 bits per heavy atom. The van der Waals surface area contributed by atoms with Crippen molar-refractivity contribution in [2.75, 3.05) is 14.2 Å². The Hall–Kier alpha value is -2.24.